The summed E-state index contributed by atoms with van der Waals surface area (Å²) < 4.78 is 5.45. The standard InChI is InChI=1S/C11H14Cl3N2O.C3H3N2.Co/c1-2-10(15)16-3-4-17-11-8(13)5-7(12)6-9(11)14;1-2-5-3-4-1;/h5-6,10H,2-4,15H2,1H3;1-3H;/q2*-1;+2. The van der Waals surface area contributed by atoms with Crippen LogP contribution in [-0.2, 0) is 16.8 Å². The zero-order chi connectivity index (χ0) is 16.4. The zero-order valence-electron chi connectivity index (χ0n) is 12.4. The van der Waals surface area contributed by atoms with Crippen LogP contribution in [0.4, 0.5) is 0 Å². The predicted octanol–water partition coefficient (Wildman–Crippen LogP) is 4.13. The van der Waals surface area contributed by atoms with Gasteiger partial charge in [0, 0.05) is 5.02 Å². The molecule has 0 saturated carbocycles. The van der Waals surface area contributed by atoms with E-state index in [4.69, 9.17) is 45.3 Å². The summed E-state index contributed by atoms with van der Waals surface area (Å²) in [7, 11) is 0. The number of hydrogen-bond acceptors (Lipinski definition) is 3. The fourth-order valence-electron chi connectivity index (χ4n) is 1.35. The molecule has 1 aromatic heterocycles. The summed E-state index contributed by atoms with van der Waals surface area (Å²) in [5.74, 6) is 0.429. The van der Waals surface area contributed by atoms with Gasteiger partial charge in [0.05, 0.1) is 16.7 Å². The van der Waals surface area contributed by atoms with Crippen LogP contribution in [0, 0.1) is 0 Å². The van der Waals surface area contributed by atoms with Gasteiger partial charge in [-0.25, -0.2) is 0 Å². The van der Waals surface area contributed by atoms with Crippen molar-refractivity contribution in [3.63, 3.8) is 0 Å². The number of halogens is 3. The Hall–Kier alpha value is -0.474. The quantitative estimate of drug-likeness (QED) is 0.710. The number of ether oxygens (including phenoxy) is 1. The van der Waals surface area contributed by atoms with Crippen LogP contribution in [0.3, 0.4) is 0 Å². The normalized spacial score (nSPS) is 11.0. The molecule has 1 radical (unpaired) electrons. The van der Waals surface area contributed by atoms with Gasteiger partial charge >= 0.3 is 16.8 Å². The molecule has 2 rings (SSSR count). The molecule has 0 spiro atoms. The van der Waals surface area contributed by atoms with Gasteiger partial charge < -0.3 is 25.8 Å². The van der Waals surface area contributed by atoms with Crippen molar-refractivity contribution in [3.8, 4) is 5.75 Å². The average molecular weight is 423 g/mol. The van der Waals surface area contributed by atoms with Crippen LogP contribution in [0.1, 0.15) is 13.3 Å². The van der Waals surface area contributed by atoms with E-state index in [0.29, 0.717) is 34.0 Å². The van der Waals surface area contributed by atoms with Crippen molar-refractivity contribution in [3.05, 3.63) is 51.2 Å². The van der Waals surface area contributed by atoms with Crippen LogP contribution in [-0.4, -0.2) is 24.3 Å². The molecule has 1 aromatic carbocycles. The Balaban J connectivity index is 0.000000684. The third-order valence-corrected chi connectivity index (χ3v) is 3.23. The SMILES string of the molecule is CCC(N)[N-]CCOc1c(Cl)cc(Cl)cc1Cl.[Co+2].c1c[n-]cn1. The van der Waals surface area contributed by atoms with Crippen molar-refractivity contribution in [2.75, 3.05) is 13.2 Å². The van der Waals surface area contributed by atoms with Gasteiger partial charge in [0.2, 0.25) is 0 Å². The number of aromatic nitrogens is 2. The Morgan fingerprint density at radius 3 is 2.39 bits per heavy atom. The predicted molar refractivity (Wildman–Crippen MR) is 91.0 cm³/mol. The fourth-order valence-corrected chi connectivity index (χ4v) is 2.28. The molecule has 0 fully saturated rings. The summed E-state index contributed by atoms with van der Waals surface area (Å²) in [6.07, 6.45) is 5.44. The summed E-state index contributed by atoms with van der Waals surface area (Å²) in [6, 6.07) is 3.17. The topological polar surface area (TPSA) is 76.3 Å². The Labute approximate surface area is 161 Å². The van der Waals surface area contributed by atoms with Crippen molar-refractivity contribution >= 4 is 34.8 Å². The summed E-state index contributed by atoms with van der Waals surface area (Å²) in [5.41, 5.74) is 5.64. The molecule has 0 amide bonds. The molecule has 1 unspecified atom stereocenters. The molecular formula is C14H17Cl3CoN4O. The minimum absolute atomic E-state index is 0. The van der Waals surface area contributed by atoms with Gasteiger partial charge in [-0.05, 0) is 12.1 Å². The summed E-state index contributed by atoms with van der Waals surface area (Å²) in [6.45, 7) is 2.86. The zero-order valence-corrected chi connectivity index (χ0v) is 15.7. The molecule has 2 N–H and O–H groups in total. The number of nitrogens with two attached hydrogens (primary N) is 1. The molecule has 0 bridgehead atoms. The van der Waals surface area contributed by atoms with E-state index in [1.165, 1.54) is 6.33 Å². The maximum atomic E-state index is 5.95. The van der Waals surface area contributed by atoms with Crippen LogP contribution >= 0.6 is 34.8 Å². The van der Waals surface area contributed by atoms with E-state index in [2.05, 4.69) is 15.3 Å². The minimum atomic E-state index is -0.144. The van der Waals surface area contributed by atoms with Crippen molar-refractivity contribution in [2.45, 2.75) is 19.5 Å². The Bertz CT molecular complexity index is 503. The molecule has 0 aliphatic heterocycles. The largest absolute Gasteiger partial charge is 2.00 e. The smallest absolute Gasteiger partial charge is 0.645 e. The molecule has 23 heavy (non-hydrogen) atoms. The first-order valence-electron chi connectivity index (χ1n) is 6.60. The van der Waals surface area contributed by atoms with Gasteiger partial charge in [0.1, 0.15) is 0 Å². The minimum Gasteiger partial charge on any atom is -0.645 e. The fraction of sp³-hybridized carbons (Fsp3) is 0.357. The monoisotopic (exact) mass is 421 g/mol. The number of benzene rings is 1. The van der Waals surface area contributed by atoms with Gasteiger partial charge in [-0.1, -0.05) is 73.0 Å². The van der Waals surface area contributed by atoms with E-state index < -0.39 is 0 Å². The molecule has 5 nitrogen and oxygen atoms in total. The van der Waals surface area contributed by atoms with E-state index in [9.17, 15) is 0 Å². The van der Waals surface area contributed by atoms with Crippen LogP contribution in [0.15, 0.2) is 30.9 Å². The second-order valence-corrected chi connectivity index (χ2v) is 5.39. The van der Waals surface area contributed by atoms with Crippen molar-refractivity contribution < 1.29 is 21.5 Å². The first-order chi connectivity index (χ1) is 10.5. The van der Waals surface area contributed by atoms with E-state index >= 15 is 0 Å². The second kappa shape index (κ2) is 12.9. The molecule has 0 saturated heterocycles. The van der Waals surface area contributed by atoms with Crippen molar-refractivity contribution in [1.82, 2.24) is 9.97 Å². The molecule has 0 aliphatic rings. The first-order valence-corrected chi connectivity index (χ1v) is 7.74. The molecule has 1 atom stereocenters. The number of rotatable bonds is 6. The average Bonchev–Trinajstić information content (AvgIpc) is 3.04. The Morgan fingerprint density at radius 2 is 1.96 bits per heavy atom. The molecular weight excluding hydrogens is 405 g/mol. The first kappa shape index (κ1) is 22.5. The van der Waals surface area contributed by atoms with Gasteiger partial charge in [-0.15, -0.1) is 6.54 Å². The molecule has 9 heteroatoms. The Morgan fingerprint density at radius 1 is 1.30 bits per heavy atom. The number of nitrogens with zero attached hydrogens (tertiary/aromatic N) is 3. The van der Waals surface area contributed by atoms with E-state index in [1.54, 1.807) is 24.5 Å². The van der Waals surface area contributed by atoms with Crippen LogP contribution in [0.25, 0.3) is 5.32 Å². The van der Waals surface area contributed by atoms with Gasteiger partial charge in [0.25, 0.3) is 0 Å². The summed E-state index contributed by atoms with van der Waals surface area (Å²) in [4.78, 5) is 7.22. The molecule has 0 aliphatic carbocycles. The van der Waals surface area contributed by atoms with Crippen LogP contribution in [0.5, 0.6) is 5.75 Å². The third kappa shape index (κ3) is 9.41. The molecule has 129 valence electrons. The number of hydrogen-bond donors (Lipinski definition) is 1. The van der Waals surface area contributed by atoms with Gasteiger partial charge in [-0.3, -0.25) is 0 Å². The van der Waals surface area contributed by atoms with Crippen LogP contribution < -0.4 is 15.5 Å². The maximum Gasteiger partial charge on any atom is 2.00 e. The van der Waals surface area contributed by atoms with E-state index in [1.807, 2.05) is 6.92 Å². The van der Waals surface area contributed by atoms with Gasteiger partial charge in [-0.2, -0.15) is 0 Å². The van der Waals surface area contributed by atoms with E-state index in [-0.39, 0.29) is 22.9 Å². The van der Waals surface area contributed by atoms with Crippen molar-refractivity contribution in [2.24, 2.45) is 5.73 Å². The van der Waals surface area contributed by atoms with Gasteiger partial charge in [0.15, 0.2) is 5.75 Å². The summed E-state index contributed by atoms with van der Waals surface area (Å²) >= 11 is 17.7. The summed E-state index contributed by atoms with van der Waals surface area (Å²) in [5, 5.41) is 5.43. The molecule has 1 heterocycles. The third-order valence-electron chi connectivity index (χ3n) is 2.45. The molecule has 2 aromatic rings. The number of imidazole rings is 1. The maximum absolute atomic E-state index is 5.95. The van der Waals surface area contributed by atoms with E-state index in [0.717, 1.165) is 6.42 Å². The van der Waals surface area contributed by atoms with Crippen molar-refractivity contribution in [1.29, 1.82) is 0 Å². The Kier molecular flexibility index (Phi) is 12.6. The van der Waals surface area contributed by atoms with Crippen LogP contribution in [0.2, 0.25) is 15.1 Å². The second-order valence-electron chi connectivity index (χ2n) is 4.14.